The number of ether oxygens (including phenoxy) is 4. The average molecular weight is 828 g/mol. The van der Waals surface area contributed by atoms with Crippen LogP contribution in [-0.4, -0.2) is 88.8 Å². The molecule has 0 saturated carbocycles. The van der Waals surface area contributed by atoms with Gasteiger partial charge in [0.25, 0.3) is 14.1 Å². The van der Waals surface area contributed by atoms with Crippen LogP contribution in [0.2, 0.25) is 0 Å². The molecular weight excluding hydrogens is 773 g/mol. The molecule has 59 heavy (non-hydrogen) atoms. The molecule has 314 valence electrons. The first kappa shape index (κ1) is 43.7. The summed E-state index contributed by atoms with van der Waals surface area (Å²) in [6, 6.07) is 26.4. The second-order valence-corrected chi connectivity index (χ2v) is 16.7. The lowest BCUT2D eigenvalue weighted by molar-refractivity contribution is -0.182. The van der Waals surface area contributed by atoms with E-state index in [4.69, 9.17) is 28.0 Å². The molecule has 1 N–H and O–H groups in total. The molecule has 5 atom stereocenters. The molecule has 2 aliphatic rings. The minimum absolute atomic E-state index is 0.0279. The van der Waals surface area contributed by atoms with E-state index in [-0.39, 0.29) is 50.6 Å². The van der Waals surface area contributed by atoms with E-state index in [1.165, 1.54) is 10.8 Å². The molecule has 6 rings (SSSR count). The van der Waals surface area contributed by atoms with E-state index in [1.807, 2.05) is 107 Å². The fourth-order valence-electron chi connectivity index (χ4n) is 8.15. The van der Waals surface area contributed by atoms with Crippen molar-refractivity contribution in [2.45, 2.75) is 96.0 Å². The molecule has 1 aromatic heterocycles. The highest BCUT2D eigenvalue weighted by molar-refractivity contribution is 7.44. The SMILES string of the molecule is CCC(=O)N1C[C@]2(COC(c3ccccc3)(c3ccc(OC)cc3)c3ccc(OC)cc3)O[C@@H](n3cc(C)c(=O)[nH]c3=O)[C@H]1[C@@H]2OP(OCCC#N)N(C(C)C)C(C)C. The number of likely N-dealkylation sites (tertiary alicyclic amines) is 1. The minimum atomic E-state index is -1.87. The Morgan fingerprint density at radius 3 is 2.07 bits per heavy atom. The summed E-state index contributed by atoms with van der Waals surface area (Å²) in [6.45, 7) is 11.6. The summed E-state index contributed by atoms with van der Waals surface area (Å²) in [4.78, 5) is 44.4. The quantitative estimate of drug-likeness (QED) is 0.0671. The van der Waals surface area contributed by atoms with Crippen LogP contribution in [0.1, 0.15) is 75.9 Å². The van der Waals surface area contributed by atoms with Gasteiger partial charge in [-0.25, -0.2) is 9.46 Å². The number of carbonyl (C=O) groups excluding carboxylic acids is 1. The van der Waals surface area contributed by atoms with Crippen LogP contribution in [0.25, 0.3) is 0 Å². The molecule has 14 nitrogen and oxygen atoms in total. The van der Waals surface area contributed by atoms with Gasteiger partial charge in [0.15, 0.2) is 6.23 Å². The summed E-state index contributed by atoms with van der Waals surface area (Å²) in [5.41, 5.74) is -1.18. The van der Waals surface area contributed by atoms with Gasteiger partial charge in [-0.05, 0) is 75.6 Å². The van der Waals surface area contributed by atoms with Crippen LogP contribution < -0.4 is 20.7 Å². The van der Waals surface area contributed by atoms with Gasteiger partial charge in [0, 0.05) is 30.3 Å². The second-order valence-electron chi connectivity index (χ2n) is 15.3. The van der Waals surface area contributed by atoms with Crippen molar-refractivity contribution in [3.05, 3.63) is 128 Å². The standard InChI is InChI=1S/C44H54N5O9P/c1-9-37(50)48-27-43(28-55-44(32-14-11-10-12-15-32,33-16-20-35(53-7)21-17-33)34-18-22-36(54-8)23-19-34)39(58-59(56-25-13-24-45)49(29(2)3)30(4)5)38(48)41(57-43)47-26-31(6)40(51)46-42(47)52/h10-12,14-23,26,29-30,38-39,41H,9,13,25,27-28H2,1-8H3,(H,46,51,52)/t38-,39+,41-,43-,59?/m1/s1. The number of H-pyrrole nitrogens is 1. The summed E-state index contributed by atoms with van der Waals surface area (Å²) in [5, 5.41) is 9.46. The molecule has 15 heteroatoms. The number of amides is 1. The number of aryl methyl sites for hydroxylation is 1. The Bertz CT molecular complexity index is 2150. The van der Waals surface area contributed by atoms with Crippen molar-refractivity contribution >= 4 is 14.4 Å². The van der Waals surface area contributed by atoms with E-state index in [9.17, 15) is 19.6 Å². The first-order chi connectivity index (χ1) is 28.3. The van der Waals surface area contributed by atoms with Crippen LogP contribution in [0, 0.1) is 18.3 Å². The van der Waals surface area contributed by atoms with Gasteiger partial charge in [0.1, 0.15) is 34.8 Å². The Labute approximate surface area is 346 Å². The number of morpholine rings is 1. The Morgan fingerprint density at radius 1 is 0.966 bits per heavy atom. The minimum Gasteiger partial charge on any atom is -0.497 e. The zero-order chi connectivity index (χ0) is 42.5. The Morgan fingerprint density at radius 2 is 1.54 bits per heavy atom. The zero-order valence-corrected chi connectivity index (χ0v) is 35.8. The number of benzene rings is 3. The Kier molecular flexibility index (Phi) is 13.8. The topological polar surface area (TPSA) is 158 Å². The van der Waals surface area contributed by atoms with Crippen LogP contribution in [0.15, 0.2) is 94.6 Å². The molecule has 0 radical (unpaired) electrons. The number of nitrogens with zero attached hydrogens (tertiary/aromatic N) is 4. The second kappa shape index (κ2) is 18.6. The molecule has 2 bridgehead atoms. The van der Waals surface area contributed by atoms with Gasteiger partial charge in [-0.3, -0.25) is 19.1 Å². The molecule has 1 amide bonds. The van der Waals surface area contributed by atoms with Gasteiger partial charge >= 0.3 is 5.69 Å². The molecule has 3 aromatic carbocycles. The number of hydrogen-bond acceptors (Lipinski definition) is 11. The number of rotatable bonds is 18. The highest BCUT2D eigenvalue weighted by Gasteiger charge is 2.68. The lowest BCUT2D eigenvalue weighted by Crippen LogP contribution is -2.53. The third-order valence-corrected chi connectivity index (χ3v) is 13.0. The predicted molar refractivity (Wildman–Crippen MR) is 223 cm³/mol. The summed E-state index contributed by atoms with van der Waals surface area (Å²) >= 11 is 0. The molecule has 2 saturated heterocycles. The number of aromatic nitrogens is 2. The molecule has 3 heterocycles. The maximum Gasteiger partial charge on any atom is 0.330 e. The number of carbonyl (C=O) groups is 1. The summed E-state index contributed by atoms with van der Waals surface area (Å²) < 4.78 is 42.7. The van der Waals surface area contributed by atoms with Crippen molar-refractivity contribution in [1.29, 1.82) is 5.26 Å². The van der Waals surface area contributed by atoms with Crippen LogP contribution in [0.3, 0.4) is 0 Å². The lowest BCUT2D eigenvalue weighted by atomic mass is 9.79. The van der Waals surface area contributed by atoms with Crippen molar-refractivity contribution in [2.24, 2.45) is 0 Å². The highest BCUT2D eigenvalue weighted by atomic mass is 31.2. The van der Waals surface area contributed by atoms with Crippen LogP contribution in [-0.2, 0) is 28.9 Å². The van der Waals surface area contributed by atoms with Crippen molar-refractivity contribution in [3.63, 3.8) is 0 Å². The molecule has 2 fully saturated rings. The number of aromatic amines is 1. The van der Waals surface area contributed by atoms with E-state index in [0.29, 0.717) is 17.1 Å². The van der Waals surface area contributed by atoms with Crippen molar-refractivity contribution in [2.75, 3.05) is 34.0 Å². The van der Waals surface area contributed by atoms with Crippen LogP contribution in [0.4, 0.5) is 0 Å². The Balaban J connectivity index is 1.57. The largest absolute Gasteiger partial charge is 0.497 e. The zero-order valence-electron chi connectivity index (χ0n) is 34.9. The number of hydrogen-bond donors (Lipinski definition) is 1. The van der Waals surface area contributed by atoms with Gasteiger partial charge in [0.2, 0.25) is 5.91 Å². The first-order valence-corrected chi connectivity index (χ1v) is 21.0. The van der Waals surface area contributed by atoms with E-state index in [2.05, 4.69) is 15.7 Å². The molecule has 0 spiro atoms. The van der Waals surface area contributed by atoms with Gasteiger partial charge < -0.3 is 32.9 Å². The van der Waals surface area contributed by atoms with Crippen molar-refractivity contribution in [3.8, 4) is 17.6 Å². The lowest BCUT2D eigenvalue weighted by Gasteiger charge is -2.42. The maximum atomic E-state index is 14.0. The molecule has 0 aliphatic carbocycles. The Hall–Kier alpha value is -4.87. The van der Waals surface area contributed by atoms with Crippen LogP contribution >= 0.6 is 8.53 Å². The highest BCUT2D eigenvalue weighted by Crippen LogP contribution is 2.57. The van der Waals surface area contributed by atoms with Gasteiger partial charge in [0.05, 0.1) is 46.5 Å². The molecule has 4 aromatic rings. The summed E-state index contributed by atoms with van der Waals surface area (Å²) in [5.74, 6) is 1.16. The summed E-state index contributed by atoms with van der Waals surface area (Å²) in [7, 11) is 1.36. The number of nitrogens with one attached hydrogen (secondary N) is 1. The van der Waals surface area contributed by atoms with Gasteiger partial charge in [-0.1, -0.05) is 61.5 Å². The summed E-state index contributed by atoms with van der Waals surface area (Å²) in [6.07, 6.45) is -0.211. The first-order valence-electron chi connectivity index (χ1n) is 19.9. The van der Waals surface area contributed by atoms with Crippen molar-refractivity contribution < 1.29 is 32.8 Å². The monoisotopic (exact) mass is 827 g/mol. The fourth-order valence-corrected chi connectivity index (χ4v) is 9.96. The van der Waals surface area contributed by atoms with E-state index in [0.717, 1.165) is 16.7 Å². The molecule has 2 aliphatic heterocycles. The normalized spacial score (nSPS) is 20.6. The number of nitriles is 1. The van der Waals surface area contributed by atoms with E-state index < -0.39 is 49.4 Å². The molecule has 1 unspecified atom stereocenters. The molecular formula is C44H54N5O9P. The number of methoxy groups -OCH3 is 2. The van der Waals surface area contributed by atoms with Gasteiger partial charge in [-0.2, -0.15) is 5.26 Å². The van der Waals surface area contributed by atoms with Gasteiger partial charge in [-0.15, -0.1) is 0 Å². The van der Waals surface area contributed by atoms with Crippen molar-refractivity contribution in [1.82, 2.24) is 19.1 Å². The third-order valence-electron chi connectivity index (χ3n) is 10.9. The number of fused-ring (bicyclic) bond motifs is 2. The van der Waals surface area contributed by atoms with Crippen LogP contribution in [0.5, 0.6) is 11.5 Å². The fraction of sp³-hybridized carbons (Fsp3) is 0.455. The third kappa shape index (κ3) is 8.59. The maximum absolute atomic E-state index is 14.0. The smallest absolute Gasteiger partial charge is 0.330 e. The average Bonchev–Trinajstić information content (AvgIpc) is 3.71. The van der Waals surface area contributed by atoms with E-state index in [1.54, 1.807) is 33.0 Å². The predicted octanol–water partition coefficient (Wildman–Crippen LogP) is 6.42. The van der Waals surface area contributed by atoms with E-state index >= 15 is 0 Å².